The van der Waals surface area contributed by atoms with E-state index in [9.17, 15) is 9.59 Å². The summed E-state index contributed by atoms with van der Waals surface area (Å²) >= 11 is 0. The van der Waals surface area contributed by atoms with Crippen molar-refractivity contribution in [2.75, 3.05) is 18.4 Å². The molecule has 0 unspecified atom stereocenters. The van der Waals surface area contributed by atoms with Crippen molar-refractivity contribution in [3.05, 3.63) is 29.8 Å². The third kappa shape index (κ3) is 3.88. The Morgan fingerprint density at radius 3 is 2.59 bits per heavy atom. The maximum atomic E-state index is 11.5. The van der Waals surface area contributed by atoms with Gasteiger partial charge in [0.05, 0.1) is 0 Å². The van der Waals surface area contributed by atoms with E-state index in [4.69, 9.17) is 5.73 Å². The van der Waals surface area contributed by atoms with Crippen LogP contribution in [-0.4, -0.2) is 24.9 Å². The molecule has 1 rings (SSSR count). The van der Waals surface area contributed by atoms with Gasteiger partial charge in [-0.25, -0.2) is 0 Å². The number of nitrogens with one attached hydrogen (secondary N) is 2. The number of nitrogens with two attached hydrogens (primary N) is 1. The monoisotopic (exact) mass is 235 g/mol. The minimum atomic E-state index is -0.667. The molecule has 0 aliphatic heterocycles. The summed E-state index contributed by atoms with van der Waals surface area (Å²) in [4.78, 5) is 22.8. The van der Waals surface area contributed by atoms with Crippen LogP contribution in [0.1, 0.15) is 12.5 Å². The molecular formula is C12H17N3O2. The van der Waals surface area contributed by atoms with Gasteiger partial charge in [0, 0.05) is 18.8 Å². The molecule has 0 heterocycles. The number of rotatable bonds is 4. The van der Waals surface area contributed by atoms with Gasteiger partial charge in [-0.1, -0.05) is 25.1 Å². The first kappa shape index (κ1) is 13.2. The summed E-state index contributed by atoms with van der Waals surface area (Å²) in [5.74, 6) is -1.33. The molecule has 0 aromatic heterocycles. The molecule has 0 aliphatic rings. The number of amides is 2. The van der Waals surface area contributed by atoms with Gasteiger partial charge in [-0.3, -0.25) is 9.59 Å². The van der Waals surface area contributed by atoms with Crippen molar-refractivity contribution in [2.45, 2.75) is 13.3 Å². The highest BCUT2D eigenvalue weighted by molar-refractivity contribution is 6.39. The lowest BCUT2D eigenvalue weighted by molar-refractivity contribution is -0.136. The van der Waals surface area contributed by atoms with E-state index < -0.39 is 11.8 Å². The number of carbonyl (C=O) groups is 2. The average molecular weight is 235 g/mol. The molecule has 5 nitrogen and oxygen atoms in total. The molecule has 4 N–H and O–H groups in total. The molecule has 0 saturated heterocycles. The van der Waals surface area contributed by atoms with Gasteiger partial charge < -0.3 is 16.4 Å². The highest BCUT2D eigenvalue weighted by Crippen LogP contribution is 2.14. The van der Waals surface area contributed by atoms with E-state index >= 15 is 0 Å². The Kier molecular flexibility index (Phi) is 5.16. The first-order valence-corrected chi connectivity index (χ1v) is 5.56. The van der Waals surface area contributed by atoms with Gasteiger partial charge >= 0.3 is 11.8 Å². The van der Waals surface area contributed by atoms with Crippen LogP contribution in [0.4, 0.5) is 5.69 Å². The van der Waals surface area contributed by atoms with Crippen molar-refractivity contribution >= 4 is 17.5 Å². The van der Waals surface area contributed by atoms with E-state index in [-0.39, 0.29) is 0 Å². The fraction of sp³-hybridized carbons (Fsp3) is 0.333. The summed E-state index contributed by atoms with van der Waals surface area (Å²) in [5.41, 5.74) is 6.89. The molecule has 92 valence electrons. The molecule has 1 aromatic rings. The van der Waals surface area contributed by atoms with Gasteiger partial charge in [-0.05, 0) is 18.1 Å². The van der Waals surface area contributed by atoms with E-state index in [1.807, 2.05) is 25.1 Å². The Bertz CT molecular complexity index is 404. The smallest absolute Gasteiger partial charge is 0.313 e. The van der Waals surface area contributed by atoms with Crippen LogP contribution in [0.5, 0.6) is 0 Å². The first-order valence-electron chi connectivity index (χ1n) is 5.56. The Morgan fingerprint density at radius 2 is 1.94 bits per heavy atom. The van der Waals surface area contributed by atoms with Gasteiger partial charge in [-0.2, -0.15) is 0 Å². The highest BCUT2D eigenvalue weighted by atomic mass is 16.2. The second-order valence-electron chi connectivity index (χ2n) is 3.51. The second-order valence-corrected chi connectivity index (χ2v) is 3.51. The maximum absolute atomic E-state index is 11.5. The highest BCUT2D eigenvalue weighted by Gasteiger charge is 2.13. The summed E-state index contributed by atoms with van der Waals surface area (Å²) in [5, 5.41) is 4.99. The Morgan fingerprint density at radius 1 is 1.24 bits per heavy atom. The Balaban J connectivity index is 2.64. The molecule has 0 atom stereocenters. The van der Waals surface area contributed by atoms with Crippen molar-refractivity contribution in [2.24, 2.45) is 5.73 Å². The van der Waals surface area contributed by atoms with Crippen molar-refractivity contribution in [1.29, 1.82) is 0 Å². The van der Waals surface area contributed by atoms with Gasteiger partial charge in [0.15, 0.2) is 0 Å². The summed E-state index contributed by atoms with van der Waals surface area (Å²) in [7, 11) is 0. The summed E-state index contributed by atoms with van der Waals surface area (Å²) in [6.45, 7) is 2.59. The molecular weight excluding hydrogens is 218 g/mol. The van der Waals surface area contributed by atoms with Crippen LogP contribution in [0.25, 0.3) is 0 Å². The third-order valence-electron chi connectivity index (χ3n) is 2.28. The zero-order valence-corrected chi connectivity index (χ0v) is 9.82. The van der Waals surface area contributed by atoms with Gasteiger partial charge in [-0.15, -0.1) is 0 Å². The lowest BCUT2D eigenvalue weighted by Crippen LogP contribution is -2.38. The SMILES string of the molecule is CCc1ccccc1NC(=O)C(=O)NCCN. The quantitative estimate of drug-likeness (QED) is 0.655. The largest absolute Gasteiger partial charge is 0.347 e. The predicted molar refractivity (Wildman–Crippen MR) is 66.5 cm³/mol. The van der Waals surface area contributed by atoms with Crippen LogP contribution >= 0.6 is 0 Å². The fourth-order valence-electron chi connectivity index (χ4n) is 1.40. The van der Waals surface area contributed by atoms with E-state index in [2.05, 4.69) is 10.6 Å². The summed E-state index contributed by atoms with van der Waals surface area (Å²) in [6, 6.07) is 7.38. The molecule has 17 heavy (non-hydrogen) atoms. The zero-order valence-electron chi connectivity index (χ0n) is 9.82. The fourth-order valence-corrected chi connectivity index (χ4v) is 1.40. The molecule has 0 radical (unpaired) electrons. The van der Waals surface area contributed by atoms with E-state index in [0.29, 0.717) is 18.8 Å². The number of aryl methyl sites for hydroxylation is 1. The number of para-hydroxylation sites is 1. The number of anilines is 1. The van der Waals surface area contributed by atoms with Gasteiger partial charge in [0.2, 0.25) is 0 Å². The average Bonchev–Trinajstić information content (AvgIpc) is 2.36. The first-order chi connectivity index (χ1) is 8.19. The zero-order chi connectivity index (χ0) is 12.7. The van der Waals surface area contributed by atoms with Crippen LogP contribution in [0.15, 0.2) is 24.3 Å². The normalized spacial score (nSPS) is 9.76. The predicted octanol–water partition coefficient (Wildman–Crippen LogP) is 0.262. The van der Waals surface area contributed by atoms with Crippen molar-refractivity contribution < 1.29 is 9.59 Å². The minimum absolute atomic E-state index is 0.293. The second kappa shape index (κ2) is 6.65. The number of hydrogen-bond acceptors (Lipinski definition) is 3. The molecule has 0 bridgehead atoms. The molecule has 0 spiro atoms. The van der Waals surface area contributed by atoms with Crippen molar-refractivity contribution in [3.8, 4) is 0 Å². The maximum Gasteiger partial charge on any atom is 0.313 e. The van der Waals surface area contributed by atoms with Crippen LogP contribution in [0, 0.1) is 0 Å². The van der Waals surface area contributed by atoms with E-state index in [1.54, 1.807) is 6.07 Å². The van der Waals surface area contributed by atoms with Crippen LogP contribution in [-0.2, 0) is 16.0 Å². The summed E-state index contributed by atoms with van der Waals surface area (Å²) in [6.07, 6.45) is 0.793. The Hall–Kier alpha value is -1.88. The van der Waals surface area contributed by atoms with Crippen LogP contribution < -0.4 is 16.4 Å². The molecule has 0 aliphatic carbocycles. The van der Waals surface area contributed by atoms with Gasteiger partial charge in [0.1, 0.15) is 0 Å². The number of hydrogen-bond donors (Lipinski definition) is 3. The molecule has 1 aromatic carbocycles. The molecule has 5 heteroatoms. The molecule has 0 fully saturated rings. The van der Waals surface area contributed by atoms with Gasteiger partial charge in [0.25, 0.3) is 0 Å². The van der Waals surface area contributed by atoms with Crippen molar-refractivity contribution in [3.63, 3.8) is 0 Å². The summed E-state index contributed by atoms with van der Waals surface area (Å²) < 4.78 is 0. The number of benzene rings is 1. The topological polar surface area (TPSA) is 84.2 Å². The van der Waals surface area contributed by atoms with Crippen LogP contribution in [0.2, 0.25) is 0 Å². The van der Waals surface area contributed by atoms with Crippen molar-refractivity contribution in [1.82, 2.24) is 5.32 Å². The lowest BCUT2D eigenvalue weighted by atomic mass is 10.1. The molecule has 2 amide bonds. The standard InChI is InChI=1S/C12H17N3O2/c1-2-9-5-3-4-6-10(9)15-12(17)11(16)14-8-7-13/h3-6H,2,7-8,13H2,1H3,(H,14,16)(H,15,17). The third-order valence-corrected chi connectivity index (χ3v) is 2.28. The Labute approximate surface area is 100 Å². The lowest BCUT2D eigenvalue weighted by Gasteiger charge is -2.09. The van der Waals surface area contributed by atoms with Crippen LogP contribution in [0.3, 0.4) is 0 Å². The molecule has 0 saturated carbocycles. The van der Waals surface area contributed by atoms with E-state index in [0.717, 1.165) is 12.0 Å². The minimum Gasteiger partial charge on any atom is -0.347 e. The van der Waals surface area contributed by atoms with E-state index in [1.165, 1.54) is 0 Å². The number of carbonyl (C=O) groups excluding carboxylic acids is 2.